The molecule has 0 saturated carbocycles. The van der Waals surface area contributed by atoms with Crippen molar-refractivity contribution in [3.8, 4) is 6.07 Å². The van der Waals surface area contributed by atoms with Crippen molar-refractivity contribution in [3.63, 3.8) is 0 Å². The van der Waals surface area contributed by atoms with Crippen LogP contribution < -0.4 is 10.6 Å². The number of hydrogen-bond donors (Lipinski definition) is 2. The molecule has 0 spiro atoms. The Morgan fingerprint density at radius 3 is 2.24 bits per heavy atom. The van der Waals surface area contributed by atoms with Gasteiger partial charge >= 0.3 is 6.09 Å². The third kappa shape index (κ3) is 5.64. The maximum Gasteiger partial charge on any atom is 0.414 e. The van der Waals surface area contributed by atoms with E-state index in [9.17, 15) is 9.59 Å². The fourth-order valence-electron chi connectivity index (χ4n) is 2.24. The molecule has 0 heterocycles. The lowest BCUT2D eigenvalue weighted by molar-refractivity contribution is -0.116. The van der Waals surface area contributed by atoms with Crippen LogP contribution in [0.1, 0.15) is 44.4 Å². The molecule has 2 N–H and O–H groups in total. The molecule has 1 aromatic rings. The summed E-state index contributed by atoms with van der Waals surface area (Å²) in [6.45, 7) is 12.1. The minimum atomic E-state index is -0.879. The van der Waals surface area contributed by atoms with E-state index in [0.29, 0.717) is 0 Å². The molecule has 25 heavy (non-hydrogen) atoms. The highest BCUT2D eigenvalue weighted by Gasteiger charge is 2.17. The van der Waals surface area contributed by atoms with Crippen molar-refractivity contribution in [1.82, 2.24) is 5.32 Å². The number of hydrogen-bond acceptors (Lipinski definition) is 5. The minimum Gasteiger partial charge on any atom is -0.450 e. The van der Waals surface area contributed by atoms with Gasteiger partial charge in [0.1, 0.15) is 11.6 Å². The highest BCUT2D eigenvalue weighted by Crippen LogP contribution is 2.29. The van der Waals surface area contributed by atoms with Crippen LogP contribution in [0.5, 0.6) is 0 Å². The van der Waals surface area contributed by atoms with E-state index in [0.717, 1.165) is 16.8 Å². The number of rotatable bonds is 4. The number of imide groups is 1. The number of amides is 2. The molecule has 0 radical (unpaired) electrons. The maximum absolute atomic E-state index is 11.9. The van der Waals surface area contributed by atoms with Gasteiger partial charge in [-0.3, -0.25) is 10.1 Å². The van der Waals surface area contributed by atoms with Gasteiger partial charge in [-0.15, -0.1) is 0 Å². The number of carbonyl (C=O) groups is 2. The van der Waals surface area contributed by atoms with E-state index >= 15 is 0 Å². The average molecular weight is 343 g/mol. The first-order valence-corrected chi connectivity index (χ1v) is 8.06. The number of nitrogens with zero attached hydrogens (tertiary/aromatic N) is 1. The lowest BCUT2D eigenvalue weighted by Crippen LogP contribution is -2.32. The van der Waals surface area contributed by atoms with Crippen LogP contribution in [-0.2, 0) is 14.9 Å². The summed E-state index contributed by atoms with van der Waals surface area (Å²) in [6, 6.07) is 5.93. The average Bonchev–Trinajstić information content (AvgIpc) is 2.49. The van der Waals surface area contributed by atoms with Crippen molar-refractivity contribution in [2.24, 2.45) is 0 Å². The van der Waals surface area contributed by atoms with E-state index in [4.69, 9.17) is 5.26 Å². The van der Waals surface area contributed by atoms with Crippen molar-refractivity contribution >= 4 is 17.7 Å². The quantitative estimate of drug-likeness (QED) is 0.642. The van der Waals surface area contributed by atoms with Crippen LogP contribution in [0, 0.1) is 25.2 Å². The van der Waals surface area contributed by atoms with Crippen LogP contribution in [0.15, 0.2) is 23.9 Å². The summed E-state index contributed by atoms with van der Waals surface area (Å²) in [5.41, 5.74) is 3.85. The Labute approximate surface area is 148 Å². The van der Waals surface area contributed by atoms with Gasteiger partial charge in [-0.1, -0.05) is 32.9 Å². The van der Waals surface area contributed by atoms with Gasteiger partial charge in [0.05, 0.1) is 6.61 Å². The number of nitriles is 1. The summed E-state index contributed by atoms with van der Waals surface area (Å²) >= 11 is 0. The summed E-state index contributed by atoms with van der Waals surface area (Å²) in [7, 11) is 0. The zero-order valence-electron chi connectivity index (χ0n) is 15.6. The molecule has 6 nitrogen and oxygen atoms in total. The summed E-state index contributed by atoms with van der Waals surface area (Å²) in [4.78, 5) is 23.2. The predicted octanol–water partition coefficient (Wildman–Crippen LogP) is 3.69. The number of anilines is 1. The molecule has 0 aliphatic rings. The van der Waals surface area contributed by atoms with Crippen molar-refractivity contribution in [3.05, 3.63) is 40.6 Å². The van der Waals surface area contributed by atoms with Crippen LogP contribution >= 0.6 is 0 Å². The summed E-state index contributed by atoms with van der Waals surface area (Å²) in [5.74, 6) is -0.810. The van der Waals surface area contributed by atoms with Crippen LogP contribution in [-0.4, -0.2) is 18.6 Å². The highest BCUT2D eigenvalue weighted by molar-refractivity contribution is 6.05. The molecule has 6 heteroatoms. The molecule has 1 aromatic carbocycles. The second kappa shape index (κ2) is 8.34. The fraction of sp³-hybridized carbons (Fsp3) is 0.421. The standard InChI is InChI=1S/C19H25N3O3/c1-7-25-18(24)22-17(23)14(10-20)11-21-16-12(2)8-15(9-13(16)3)19(4,5)6/h8-9,11,21H,7H2,1-6H3,(H,22,23,24). The molecular weight excluding hydrogens is 318 g/mol. The number of benzene rings is 1. The van der Waals surface area contributed by atoms with Crippen molar-refractivity contribution < 1.29 is 14.3 Å². The van der Waals surface area contributed by atoms with E-state index in [1.54, 1.807) is 13.0 Å². The fourth-order valence-corrected chi connectivity index (χ4v) is 2.24. The summed E-state index contributed by atoms with van der Waals surface area (Å²) in [5, 5.41) is 14.1. The van der Waals surface area contributed by atoms with Gasteiger partial charge < -0.3 is 10.1 Å². The number of nitrogens with one attached hydrogen (secondary N) is 2. The third-order valence-electron chi connectivity index (χ3n) is 3.62. The normalized spacial score (nSPS) is 11.5. The van der Waals surface area contributed by atoms with E-state index in [1.165, 1.54) is 11.8 Å². The SMILES string of the molecule is CCOC(=O)NC(=O)C(C#N)=CNc1c(C)cc(C(C)(C)C)cc1C. The molecule has 0 aliphatic carbocycles. The molecule has 0 atom stereocenters. The van der Waals surface area contributed by atoms with E-state index in [1.807, 2.05) is 19.2 Å². The number of carbonyl (C=O) groups excluding carboxylic acids is 2. The van der Waals surface area contributed by atoms with Gasteiger partial charge in [-0.25, -0.2) is 4.79 Å². The summed E-state index contributed by atoms with van der Waals surface area (Å²) < 4.78 is 4.63. The van der Waals surface area contributed by atoms with Gasteiger partial charge in [-0.05, 0) is 42.9 Å². The second-order valence-corrected chi connectivity index (χ2v) is 6.72. The predicted molar refractivity (Wildman–Crippen MR) is 97.1 cm³/mol. The van der Waals surface area contributed by atoms with Gasteiger partial charge in [0, 0.05) is 11.9 Å². The molecule has 134 valence electrons. The Morgan fingerprint density at radius 1 is 1.24 bits per heavy atom. The lowest BCUT2D eigenvalue weighted by Gasteiger charge is -2.22. The molecule has 0 aromatic heterocycles. The molecule has 0 aliphatic heterocycles. The Balaban J connectivity index is 3.01. The molecule has 0 unspecified atom stereocenters. The first kappa shape index (κ1) is 20.2. The minimum absolute atomic E-state index is 0.0290. The topological polar surface area (TPSA) is 91.2 Å². The van der Waals surface area contributed by atoms with Crippen LogP contribution in [0.25, 0.3) is 0 Å². The molecule has 0 saturated heterocycles. The van der Waals surface area contributed by atoms with E-state index < -0.39 is 12.0 Å². The molecule has 0 fully saturated rings. The molecule has 0 bridgehead atoms. The van der Waals surface area contributed by atoms with E-state index in [-0.39, 0.29) is 17.6 Å². The van der Waals surface area contributed by atoms with Crippen LogP contribution in [0.2, 0.25) is 0 Å². The van der Waals surface area contributed by atoms with Crippen molar-refractivity contribution in [1.29, 1.82) is 5.26 Å². The van der Waals surface area contributed by atoms with Gasteiger partial charge in [0.2, 0.25) is 0 Å². The lowest BCUT2D eigenvalue weighted by atomic mass is 9.85. The van der Waals surface area contributed by atoms with Gasteiger partial charge in [0.25, 0.3) is 5.91 Å². The Kier molecular flexibility index (Phi) is 6.75. The zero-order valence-corrected chi connectivity index (χ0v) is 15.6. The second-order valence-electron chi connectivity index (χ2n) is 6.72. The molecular formula is C19H25N3O3. The number of ether oxygens (including phenoxy) is 1. The van der Waals surface area contributed by atoms with Crippen molar-refractivity contribution in [2.75, 3.05) is 11.9 Å². The zero-order chi connectivity index (χ0) is 19.2. The third-order valence-corrected chi connectivity index (χ3v) is 3.62. The first-order chi connectivity index (χ1) is 11.6. The highest BCUT2D eigenvalue weighted by atomic mass is 16.5. The monoisotopic (exact) mass is 343 g/mol. The summed E-state index contributed by atoms with van der Waals surface area (Å²) in [6.07, 6.45) is 0.413. The molecule has 2 amide bonds. The smallest absolute Gasteiger partial charge is 0.414 e. The number of aryl methyl sites for hydroxylation is 2. The Bertz CT molecular complexity index is 714. The van der Waals surface area contributed by atoms with Crippen LogP contribution in [0.3, 0.4) is 0 Å². The molecule has 1 rings (SSSR count). The van der Waals surface area contributed by atoms with Crippen molar-refractivity contribution in [2.45, 2.75) is 47.0 Å². The Hall–Kier alpha value is -2.81. The van der Waals surface area contributed by atoms with Crippen LogP contribution in [0.4, 0.5) is 10.5 Å². The van der Waals surface area contributed by atoms with E-state index in [2.05, 4.69) is 43.0 Å². The van der Waals surface area contributed by atoms with Gasteiger partial charge in [0.15, 0.2) is 0 Å². The largest absolute Gasteiger partial charge is 0.450 e. The first-order valence-electron chi connectivity index (χ1n) is 8.06. The number of alkyl carbamates (subject to hydrolysis) is 1. The Morgan fingerprint density at radius 2 is 1.80 bits per heavy atom. The van der Waals surface area contributed by atoms with Gasteiger partial charge in [-0.2, -0.15) is 5.26 Å². The maximum atomic E-state index is 11.9.